The Hall–Kier alpha value is -1.88. The molecule has 0 saturated carbocycles. The van der Waals surface area contributed by atoms with Gasteiger partial charge in [0.05, 0.1) is 19.6 Å². The number of carbonyl (C=O) groups is 2. The summed E-state index contributed by atoms with van der Waals surface area (Å²) < 4.78 is 4.76. The van der Waals surface area contributed by atoms with Crippen molar-refractivity contribution in [3.05, 3.63) is 35.4 Å². The van der Waals surface area contributed by atoms with Gasteiger partial charge in [-0.3, -0.25) is 9.59 Å². The zero-order valence-electron chi connectivity index (χ0n) is 11.7. The number of amides is 1. The molecule has 2 atom stereocenters. The van der Waals surface area contributed by atoms with Crippen molar-refractivity contribution in [1.82, 2.24) is 4.90 Å². The van der Waals surface area contributed by atoms with Crippen LogP contribution in [0.25, 0.3) is 0 Å². The summed E-state index contributed by atoms with van der Waals surface area (Å²) in [4.78, 5) is 25.7. The monoisotopic (exact) mass is 277 g/mol. The van der Waals surface area contributed by atoms with E-state index >= 15 is 0 Å². The summed E-state index contributed by atoms with van der Waals surface area (Å²) in [6.45, 7) is 2.86. The van der Waals surface area contributed by atoms with Gasteiger partial charge in [-0.25, -0.2) is 0 Å². The molecular formula is C15H19NO4. The normalized spacial score (nSPS) is 21.9. The van der Waals surface area contributed by atoms with E-state index in [0.29, 0.717) is 18.7 Å². The van der Waals surface area contributed by atoms with Crippen molar-refractivity contribution in [2.75, 3.05) is 20.2 Å². The van der Waals surface area contributed by atoms with E-state index in [4.69, 9.17) is 9.84 Å². The number of nitrogens with zero attached hydrogens (tertiary/aromatic N) is 1. The van der Waals surface area contributed by atoms with Crippen molar-refractivity contribution >= 4 is 11.9 Å². The first-order chi connectivity index (χ1) is 9.56. The van der Waals surface area contributed by atoms with Crippen molar-refractivity contribution in [2.45, 2.75) is 13.5 Å². The predicted molar refractivity (Wildman–Crippen MR) is 72.9 cm³/mol. The van der Waals surface area contributed by atoms with Crippen molar-refractivity contribution < 1.29 is 19.4 Å². The molecule has 0 radical (unpaired) electrons. The molecule has 5 nitrogen and oxygen atoms in total. The lowest BCUT2D eigenvalue weighted by Crippen LogP contribution is -2.30. The highest BCUT2D eigenvalue weighted by atomic mass is 16.5. The molecular weight excluding hydrogens is 258 g/mol. The van der Waals surface area contributed by atoms with E-state index < -0.39 is 0 Å². The highest BCUT2D eigenvalue weighted by Crippen LogP contribution is 2.25. The lowest BCUT2D eigenvalue weighted by atomic mass is 9.99. The molecule has 108 valence electrons. The van der Waals surface area contributed by atoms with E-state index in [1.807, 2.05) is 6.92 Å². The minimum absolute atomic E-state index is 0.0420. The average molecular weight is 277 g/mol. The van der Waals surface area contributed by atoms with Crippen LogP contribution >= 0.6 is 0 Å². The highest BCUT2D eigenvalue weighted by molar-refractivity contribution is 5.95. The number of esters is 1. The molecule has 1 fully saturated rings. The van der Waals surface area contributed by atoms with Crippen molar-refractivity contribution in [1.29, 1.82) is 0 Å². The number of hydrogen-bond donors (Lipinski definition) is 1. The quantitative estimate of drug-likeness (QED) is 0.839. The van der Waals surface area contributed by atoms with Gasteiger partial charge < -0.3 is 14.7 Å². The van der Waals surface area contributed by atoms with Gasteiger partial charge in [0.1, 0.15) is 0 Å². The third kappa shape index (κ3) is 2.82. The van der Waals surface area contributed by atoms with Gasteiger partial charge >= 0.3 is 5.97 Å². The van der Waals surface area contributed by atoms with Crippen molar-refractivity contribution in [3.63, 3.8) is 0 Å². The van der Waals surface area contributed by atoms with Crippen LogP contribution in [0, 0.1) is 11.8 Å². The van der Waals surface area contributed by atoms with Crippen LogP contribution in [0.15, 0.2) is 24.3 Å². The van der Waals surface area contributed by atoms with E-state index in [-0.39, 0.29) is 30.3 Å². The van der Waals surface area contributed by atoms with Crippen LogP contribution in [0.2, 0.25) is 0 Å². The lowest BCUT2D eigenvalue weighted by molar-refractivity contribution is -0.146. The van der Waals surface area contributed by atoms with E-state index in [0.717, 1.165) is 5.56 Å². The molecule has 1 aliphatic heterocycles. The molecule has 1 saturated heterocycles. The number of carbonyl (C=O) groups excluding carboxylic acids is 2. The Kier molecular flexibility index (Phi) is 4.39. The van der Waals surface area contributed by atoms with Gasteiger partial charge in [0.2, 0.25) is 0 Å². The van der Waals surface area contributed by atoms with E-state index in [2.05, 4.69) is 0 Å². The molecule has 1 heterocycles. The molecule has 0 aromatic heterocycles. The number of aliphatic hydroxyl groups is 1. The molecule has 1 amide bonds. The summed E-state index contributed by atoms with van der Waals surface area (Å²) in [5.74, 6) is -0.500. The number of hydrogen-bond acceptors (Lipinski definition) is 4. The van der Waals surface area contributed by atoms with Crippen LogP contribution in [0.5, 0.6) is 0 Å². The van der Waals surface area contributed by atoms with Gasteiger partial charge in [-0.1, -0.05) is 19.1 Å². The van der Waals surface area contributed by atoms with Gasteiger partial charge in [-0.05, 0) is 23.6 Å². The summed E-state index contributed by atoms with van der Waals surface area (Å²) in [5.41, 5.74) is 1.34. The molecule has 20 heavy (non-hydrogen) atoms. The molecule has 0 aliphatic carbocycles. The topological polar surface area (TPSA) is 66.8 Å². The third-order valence-electron chi connectivity index (χ3n) is 3.79. The Morgan fingerprint density at radius 3 is 2.50 bits per heavy atom. The summed E-state index contributed by atoms with van der Waals surface area (Å²) in [7, 11) is 1.37. The number of methoxy groups -OCH3 is 1. The molecule has 1 aliphatic rings. The van der Waals surface area contributed by atoms with Crippen molar-refractivity contribution in [2.24, 2.45) is 11.8 Å². The number of ether oxygens (including phenoxy) is 1. The van der Waals surface area contributed by atoms with Gasteiger partial charge in [0.15, 0.2) is 0 Å². The summed E-state index contributed by atoms with van der Waals surface area (Å²) in [6.07, 6.45) is 0. The number of benzene rings is 1. The minimum atomic E-state index is -0.261. The molecule has 1 aromatic carbocycles. The molecule has 0 spiro atoms. The van der Waals surface area contributed by atoms with Crippen LogP contribution in [-0.4, -0.2) is 42.1 Å². The van der Waals surface area contributed by atoms with E-state index in [9.17, 15) is 9.59 Å². The molecule has 2 unspecified atom stereocenters. The molecule has 0 bridgehead atoms. The third-order valence-corrected chi connectivity index (χ3v) is 3.79. The largest absolute Gasteiger partial charge is 0.469 e. The van der Waals surface area contributed by atoms with Crippen LogP contribution in [-0.2, 0) is 16.1 Å². The average Bonchev–Trinajstić information content (AvgIpc) is 2.87. The zero-order valence-corrected chi connectivity index (χ0v) is 11.7. The Morgan fingerprint density at radius 2 is 1.95 bits per heavy atom. The molecule has 1 N–H and O–H groups in total. The van der Waals surface area contributed by atoms with Gasteiger partial charge in [-0.2, -0.15) is 0 Å². The van der Waals surface area contributed by atoms with Crippen LogP contribution < -0.4 is 0 Å². The van der Waals surface area contributed by atoms with Gasteiger partial charge in [-0.15, -0.1) is 0 Å². The minimum Gasteiger partial charge on any atom is -0.469 e. The Bertz CT molecular complexity index is 497. The fraction of sp³-hybridized carbons (Fsp3) is 0.467. The maximum absolute atomic E-state index is 12.4. The van der Waals surface area contributed by atoms with E-state index in [1.54, 1.807) is 29.2 Å². The molecule has 2 rings (SSSR count). The van der Waals surface area contributed by atoms with Crippen LogP contribution in [0.1, 0.15) is 22.8 Å². The summed E-state index contributed by atoms with van der Waals surface area (Å²) in [5, 5.41) is 8.99. The lowest BCUT2D eigenvalue weighted by Gasteiger charge is -2.16. The first-order valence-electron chi connectivity index (χ1n) is 6.63. The van der Waals surface area contributed by atoms with Crippen molar-refractivity contribution in [3.8, 4) is 0 Å². The zero-order chi connectivity index (χ0) is 14.7. The fourth-order valence-electron chi connectivity index (χ4n) is 2.53. The first-order valence-corrected chi connectivity index (χ1v) is 6.63. The number of aliphatic hydroxyl groups excluding tert-OH is 1. The molecule has 5 heteroatoms. The van der Waals surface area contributed by atoms with Crippen LogP contribution in [0.4, 0.5) is 0 Å². The smallest absolute Gasteiger partial charge is 0.310 e. The second-order valence-corrected chi connectivity index (χ2v) is 5.17. The summed E-state index contributed by atoms with van der Waals surface area (Å²) in [6, 6.07) is 6.85. The highest BCUT2D eigenvalue weighted by Gasteiger charge is 2.37. The Balaban J connectivity index is 2.08. The Morgan fingerprint density at radius 1 is 1.30 bits per heavy atom. The fourth-order valence-corrected chi connectivity index (χ4v) is 2.53. The molecule has 1 aromatic rings. The predicted octanol–water partition coefficient (Wildman–Crippen LogP) is 1.06. The maximum Gasteiger partial charge on any atom is 0.310 e. The SMILES string of the molecule is COC(=O)C1CN(C(=O)c2ccc(CO)cc2)CC1C. The van der Waals surface area contributed by atoms with Crippen LogP contribution in [0.3, 0.4) is 0 Å². The second-order valence-electron chi connectivity index (χ2n) is 5.17. The first kappa shape index (κ1) is 14.5. The number of rotatable bonds is 3. The Labute approximate surface area is 118 Å². The maximum atomic E-state index is 12.4. The number of likely N-dealkylation sites (tertiary alicyclic amines) is 1. The summed E-state index contributed by atoms with van der Waals surface area (Å²) >= 11 is 0. The standard InChI is InChI=1S/C15H19NO4/c1-10-7-16(8-13(10)15(19)20-2)14(18)12-5-3-11(9-17)4-6-12/h3-6,10,13,17H,7-9H2,1-2H3. The van der Waals surface area contributed by atoms with E-state index in [1.165, 1.54) is 7.11 Å². The second kappa shape index (κ2) is 6.05. The van der Waals surface area contributed by atoms with Gasteiger partial charge in [0.25, 0.3) is 5.91 Å². The van der Waals surface area contributed by atoms with Gasteiger partial charge in [0, 0.05) is 18.7 Å².